The van der Waals surface area contributed by atoms with E-state index < -0.39 is 21.9 Å². The van der Waals surface area contributed by atoms with Gasteiger partial charge < -0.3 is 10.2 Å². The van der Waals surface area contributed by atoms with E-state index in [-0.39, 0.29) is 42.9 Å². The van der Waals surface area contributed by atoms with Gasteiger partial charge in [-0.15, -0.1) is 0 Å². The topological polar surface area (TPSA) is 86.8 Å². The Hall–Kier alpha value is -3.56. The van der Waals surface area contributed by atoms with Gasteiger partial charge >= 0.3 is 0 Å². The Balaban J connectivity index is 1.49. The lowest BCUT2D eigenvalue weighted by molar-refractivity contribution is -0.134. The van der Waals surface area contributed by atoms with E-state index >= 15 is 0 Å². The van der Waals surface area contributed by atoms with E-state index in [0.29, 0.717) is 11.1 Å². The lowest BCUT2D eigenvalue weighted by Crippen LogP contribution is -2.53. The summed E-state index contributed by atoms with van der Waals surface area (Å²) in [5, 5.41) is 2.82. The van der Waals surface area contributed by atoms with Gasteiger partial charge in [-0.1, -0.05) is 54.6 Å². The quantitative estimate of drug-likeness (QED) is 0.587. The minimum atomic E-state index is -3.88. The first-order valence-electron chi connectivity index (χ1n) is 10.8. The van der Waals surface area contributed by atoms with Crippen molar-refractivity contribution in [3.8, 4) is 0 Å². The molecule has 0 radical (unpaired) electrons. The third-order valence-corrected chi connectivity index (χ3v) is 7.57. The maximum Gasteiger partial charge on any atom is 0.252 e. The molecule has 1 atom stereocenters. The van der Waals surface area contributed by atoms with Crippen molar-refractivity contribution >= 4 is 21.8 Å². The second kappa shape index (κ2) is 10.1. The van der Waals surface area contributed by atoms with Crippen molar-refractivity contribution in [3.63, 3.8) is 0 Å². The van der Waals surface area contributed by atoms with Crippen LogP contribution >= 0.6 is 0 Å². The largest absolute Gasteiger partial charge is 0.338 e. The molecule has 1 N–H and O–H groups in total. The molecule has 1 fully saturated rings. The van der Waals surface area contributed by atoms with Crippen molar-refractivity contribution in [3.05, 3.63) is 102 Å². The van der Waals surface area contributed by atoms with Crippen LogP contribution in [0, 0.1) is 5.82 Å². The van der Waals surface area contributed by atoms with Gasteiger partial charge in [-0.2, -0.15) is 4.31 Å². The summed E-state index contributed by atoms with van der Waals surface area (Å²) in [6.45, 7) is 0.438. The number of rotatable bonds is 6. The Morgan fingerprint density at radius 3 is 2.06 bits per heavy atom. The van der Waals surface area contributed by atoms with E-state index in [2.05, 4.69) is 5.32 Å². The molecule has 0 aromatic heterocycles. The molecule has 1 unspecified atom stereocenters. The number of amides is 2. The molecule has 1 aliphatic heterocycles. The number of sulfonamides is 1. The van der Waals surface area contributed by atoms with Crippen molar-refractivity contribution in [1.29, 1.82) is 0 Å². The zero-order valence-electron chi connectivity index (χ0n) is 18.3. The monoisotopic (exact) mass is 481 g/mol. The Bertz CT molecular complexity index is 1260. The molecule has 7 nitrogen and oxygen atoms in total. The lowest BCUT2D eigenvalue weighted by Gasteiger charge is -2.36. The number of hydrogen-bond donors (Lipinski definition) is 1. The van der Waals surface area contributed by atoms with Gasteiger partial charge in [0, 0.05) is 31.7 Å². The maximum atomic E-state index is 13.5. The maximum absolute atomic E-state index is 13.5. The first-order chi connectivity index (χ1) is 16.4. The predicted molar refractivity (Wildman–Crippen MR) is 125 cm³/mol. The molecule has 3 aromatic rings. The minimum absolute atomic E-state index is 0.0682. The highest BCUT2D eigenvalue weighted by atomic mass is 32.2. The zero-order chi connectivity index (χ0) is 24.1. The van der Waals surface area contributed by atoms with Crippen molar-refractivity contribution in [2.45, 2.75) is 10.9 Å². The van der Waals surface area contributed by atoms with Crippen LogP contribution < -0.4 is 5.32 Å². The van der Waals surface area contributed by atoms with Crippen LogP contribution in [0.25, 0.3) is 0 Å². The molecule has 34 heavy (non-hydrogen) atoms. The van der Waals surface area contributed by atoms with Crippen LogP contribution in [0.1, 0.15) is 22.0 Å². The van der Waals surface area contributed by atoms with Gasteiger partial charge in [0.2, 0.25) is 15.9 Å². The zero-order valence-corrected chi connectivity index (χ0v) is 19.1. The fourth-order valence-corrected chi connectivity index (χ4v) is 5.30. The number of nitrogens with zero attached hydrogens (tertiary/aromatic N) is 2. The third-order valence-electron chi connectivity index (χ3n) is 5.68. The van der Waals surface area contributed by atoms with Crippen LogP contribution in [0.2, 0.25) is 0 Å². The summed E-state index contributed by atoms with van der Waals surface area (Å²) in [5.41, 5.74) is 1.06. The molecule has 2 amide bonds. The molecule has 0 spiro atoms. The number of hydrogen-bond acceptors (Lipinski definition) is 4. The fourth-order valence-electron chi connectivity index (χ4n) is 3.85. The van der Waals surface area contributed by atoms with Gasteiger partial charge in [-0.25, -0.2) is 12.8 Å². The average molecular weight is 482 g/mol. The summed E-state index contributed by atoms with van der Waals surface area (Å²) in [6, 6.07) is 21.5. The molecule has 4 rings (SSSR count). The molecule has 9 heteroatoms. The van der Waals surface area contributed by atoms with Crippen molar-refractivity contribution < 1.29 is 22.4 Å². The van der Waals surface area contributed by atoms with E-state index in [4.69, 9.17) is 0 Å². The molecule has 1 saturated heterocycles. The molecular formula is C25H24FN3O4S. The Morgan fingerprint density at radius 1 is 0.824 bits per heavy atom. The Kier molecular flexibility index (Phi) is 7.04. The van der Waals surface area contributed by atoms with Gasteiger partial charge in [0.15, 0.2) is 0 Å². The van der Waals surface area contributed by atoms with E-state index in [9.17, 15) is 22.4 Å². The van der Waals surface area contributed by atoms with Crippen molar-refractivity contribution in [1.82, 2.24) is 14.5 Å². The second-order valence-electron chi connectivity index (χ2n) is 7.87. The summed E-state index contributed by atoms with van der Waals surface area (Å²) in [7, 11) is -3.88. The van der Waals surface area contributed by atoms with E-state index in [1.807, 2.05) is 6.07 Å². The molecule has 3 aromatic carbocycles. The fraction of sp³-hybridized carbons (Fsp3) is 0.200. The highest BCUT2D eigenvalue weighted by molar-refractivity contribution is 7.89. The van der Waals surface area contributed by atoms with Crippen LogP contribution in [-0.2, 0) is 14.8 Å². The van der Waals surface area contributed by atoms with Crippen LogP contribution in [0.4, 0.5) is 4.39 Å². The average Bonchev–Trinajstić information content (AvgIpc) is 2.88. The normalized spacial score (nSPS) is 15.5. The molecule has 1 heterocycles. The molecule has 0 bridgehead atoms. The lowest BCUT2D eigenvalue weighted by atomic mass is 10.0. The van der Waals surface area contributed by atoms with Crippen molar-refractivity contribution in [2.24, 2.45) is 0 Å². The van der Waals surface area contributed by atoms with Crippen molar-refractivity contribution in [2.75, 3.05) is 26.2 Å². The summed E-state index contributed by atoms with van der Waals surface area (Å²) >= 11 is 0. The number of benzene rings is 3. The summed E-state index contributed by atoms with van der Waals surface area (Å²) < 4.78 is 40.5. The Morgan fingerprint density at radius 2 is 1.44 bits per heavy atom. The van der Waals surface area contributed by atoms with Gasteiger partial charge in [-0.05, 0) is 35.9 Å². The summed E-state index contributed by atoms with van der Waals surface area (Å²) in [4.78, 5) is 27.6. The van der Waals surface area contributed by atoms with Gasteiger partial charge in [0.1, 0.15) is 11.9 Å². The minimum Gasteiger partial charge on any atom is -0.338 e. The van der Waals surface area contributed by atoms with Crippen LogP contribution in [0.3, 0.4) is 0 Å². The number of piperazine rings is 1. The molecule has 1 aliphatic rings. The number of nitrogens with one attached hydrogen (secondary N) is 1. The third kappa shape index (κ3) is 5.16. The smallest absolute Gasteiger partial charge is 0.252 e. The number of carbonyl (C=O) groups excluding carboxylic acids is 2. The van der Waals surface area contributed by atoms with E-state index in [0.717, 1.165) is 6.07 Å². The van der Waals surface area contributed by atoms with Gasteiger partial charge in [0.25, 0.3) is 5.91 Å². The first-order valence-corrected chi connectivity index (χ1v) is 12.3. The summed E-state index contributed by atoms with van der Waals surface area (Å²) in [6.07, 6.45) is 0. The van der Waals surface area contributed by atoms with Crippen LogP contribution in [-0.4, -0.2) is 55.6 Å². The number of halogens is 1. The highest BCUT2D eigenvalue weighted by Crippen LogP contribution is 2.22. The van der Waals surface area contributed by atoms with Gasteiger partial charge in [0.05, 0.1) is 4.90 Å². The van der Waals surface area contributed by atoms with E-state index in [1.165, 1.54) is 22.5 Å². The molecule has 0 saturated carbocycles. The number of carbonyl (C=O) groups is 2. The molecule has 176 valence electrons. The predicted octanol–water partition coefficient (Wildman–Crippen LogP) is 2.83. The molecule has 0 aliphatic carbocycles. The second-order valence-corrected chi connectivity index (χ2v) is 9.81. The van der Waals surface area contributed by atoms with E-state index in [1.54, 1.807) is 59.5 Å². The van der Waals surface area contributed by atoms with Gasteiger partial charge in [-0.3, -0.25) is 9.59 Å². The standard InChI is InChI=1S/C25H24FN3O4S/c26-21-12-7-13-22(18-21)34(32,33)29-16-14-28(15-17-29)25(31)23(19-8-3-1-4-9-19)27-24(30)20-10-5-2-6-11-20/h1-13,18,23H,14-17H2,(H,27,30). The molecular weight excluding hydrogens is 457 g/mol. The Labute approximate surface area is 197 Å². The highest BCUT2D eigenvalue weighted by Gasteiger charge is 2.34. The first kappa shape index (κ1) is 23.6. The van der Waals surface area contributed by atoms with Crippen LogP contribution in [0.15, 0.2) is 89.8 Å². The summed E-state index contributed by atoms with van der Waals surface area (Å²) in [5.74, 6) is -1.33. The van der Waals surface area contributed by atoms with Crippen LogP contribution in [0.5, 0.6) is 0 Å². The SMILES string of the molecule is O=C(NC(C(=O)N1CCN(S(=O)(=O)c2cccc(F)c2)CC1)c1ccccc1)c1ccccc1.